The second kappa shape index (κ2) is 5.23. The first-order chi connectivity index (χ1) is 9.15. The molecule has 0 bridgehead atoms. The lowest BCUT2D eigenvalue weighted by Crippen LogP contribution is -2.08. The van der Waals surface area contributed by atoms with Gasteiger partial charge in [-0.1, -0.05) is 23.7 Å². The summed E-state index contributed by atoms with van der Waals surface area (Å²) in [5, 5.41) is 8.06. The van der Waals surface area contributed by atoms with Gasteiger partial charge in [0.1, 0.15) is 0 Å². The van der Waals surface area contributed by atoms with Crippen molar-refractivity contribution >= 4 is 27.5 Å². The quantitative estimate of drug-likeness (QED) is 0.908. The van der Waals surface area contributed by atoms with Gasteiger partial charge in [0.2, 0.25) is 11.7 Å². The molecule has 1 aliphatic rings. The molecule has 0 radical (unpaired) electrons. The molecule has 4 nitrogen and oxygen atoms in total. The summed E-state index contributed by atoms with van der Waals surface area (Å²) in [7, 11) is 0. The van der Waals surface area contributed by atoms with Crippen molar-refractivity contribution in [1.82, 2.24) is 15.5 Å². The number of hydrogen-bond acceptors (Lipinski definition) is 4. The first-order valence-corrected chi connectivity index (χ1v) is 7.32. The van der Waals surface area contributed by atoms with Crippen LogP contribution in [0, 0.1) is 5.92 Å². The number of hydrogen-bond donors (Lipinski definition) is 1. The van der Waals surface area contributed by atoms with E-state index in [-0.39, 0.29) is 0 Å². The van der Waals surface area contributed by atoms with Crippen molar-refractivity contribution in [2.45, 2.75) is 12.8 Å². The molecular weight excluding hydrogens is 330 g/mol. The Hall–Kier alpha value is -0.910. The van der Waals surface area contributed by atoms with E-state index < -0.39 is 0 Å². The van der Waals surface area contributed by atoms with Crippen LogP contribution in [0.25, 0.3) is 11.4 Å². The average Bonchev–Trinajstić information content (AvgIpc) is 3.01. The van der Waals surface area contributed by atoms with Crippen LogP contribution in [0.5, 0.6) is 0 Å². The van der Waals surface area contributed by atoms with Crippen LogP contribution in [-0.4, -0.2) is 23.2 Å². The van der Waals surface area contributed by atoms with Gasteiger partial charge in [0.05, 0.1) is 10.9 Å². The zero-order valence-corrected chi connectivity index (χ0v) is 12.7. The van der Waals surface area contributed by atoms with Gasteiger partial charge in [-0.3, -0.25) is 0 Å². The molecule has 1 saturated heterocycles. The van der Waals surface area contributed by atoms with E-state index >= 15 is 0 Å². The molecule has 2 heterocycles. The van der Waals surface area contributed by atoms with Gasteiger partial charge < -0.3 is 9.84 Å². The van der Waals surface area contributed by atoms with Gasteiger partial charge in [-0.15, -0.1) is 0 Å². The highest BCUT2D eigenvalue weighted by molar-refractivity contribution is 9.10. The maximum atomic E-state index is 5.98. The van der Waals surface area contributed by atoms with Crippen molar-refractivity contribution in [3.8, 4) is 11.4 Å². The summed E-state index contributed by atoms with van der Waals surface area (Å²) in [4.78, 5) is 4.50. The van der Waals surface area contributed by atoms with E-state index in [2.05, 4.69) is 38.3 Å². The molecule has 2 aromatic rings. The lowest BCUT2D eigenvalue weighted by atomic mass is 9.98. The Balaban J connectivity index is 1.90. The molecule has 2 unspecified atom stereocenters. The Bertz CT molecular complexity index is 601. The maximum absolute atomic E-state index is 5.98. The topological polar surface area (TPSA) is 51.0 Å². The Kier molecular flexibility index (Phi) is 3.60. The summed E-state index contributed by atoms with van der Waals surface area (Å²) in [6, 6.07) is 5.60. The molecule has 1 fully saturated rings. The molecule has 0 amide bonds. The molecule has 1 N–H and O–H groups in total. The number of halogens is 2. The number of aromatic nitrogens is 2. The highest BCUT2D eigenvalue weighted by atomic mass is 79.9. The monoisotopic (exact) mass is 341 g/mol. The van der Waals surface area contributed by atoms with Crippen molar-refractivity contribution in [1.29, 1.82) is 0 Å². The second-order valence-corrected chi connectivity index (χ2v) is 6.09. The maximum Gasteiger partial charge on any atom is 0.231 e. The summed E-state index contributed by atoms with van der Waals surface area (Å²) in [5.41, 5.74) is 0.893. The van der Waals surface area contributed by atoms with Crippen LogP contribution in [0.15, 0.2) is 27.2 Å². The number of benzene rings is 1. The van der Waals surface area contributed by atoms with Crippen molar-refractivity contribution in [3.63, 3.8) is 0 Å². The molecule has 100 valence electrons. The van der Waals surface area contributed by atoms with Crippen molar-refractivity contribution < 1.29 is 4.52 Å². The van der Waals surface area contributed by atoms with Gasteiger partial charge in [-0.2, -0.15) is 4.98 Å². The highest BCUT2D eigenvalue weighted by Crippen LogP contribution is 2.30. The molecule has 1 aromatic heterocycles. The van der Waals surface area contributed by atoms with Crippen LogP contribution in [0.3, 0.4) is 0 Å². The summed E-state index contributed by atoms with van der Waals surface area (Å²) in [6.45, 7) is 4.08. The molecular formula is C13H13BrClN3O. The van der Waals surface area contributed by atoms with E-state index in [0.29, 0.717) is 28.6 Å². The molecule has 0 spiro atoms. The predicted octanol–water partition coefficient (Wildman–Crippen LogP) is 3.48. The number of nitrogens with one attached hydrogen (secondary N) is 1. The van der Waals surface area contributed by atoms with Gasteiger partial charge in [0.25, 0.3) is 0 Å². The Morgan fingerprint density at radius 1 is 1.42 bits per heavy atom. The van der Waals surface area contributed by atoms with Crippen LogP contribution >= 0.6 is 27.5 Å². The van der Waals surface area contributed by atoms with Crippen molar-refractivity contribution in [2.75, 3.05) is 13.1 Å². The number of rotatable bonds is 2. The molecule has 3 rings (SSSR count). The predicted molar refractivity (Wildman–Crippen MR) is 77.2 cm³/mol. The van der Waals surface area contributed by atoms with Gasteiger partial charge in [-0.25, -0.2) is 0 Å². The lowest BCUT2D eigenvalue weighted by molar-refractivity contribution is 0.340. The Morgan fingerprint density at radius 2 is 2.26 bits per heavy atom. The average molecular weight is 343 g/mol. The third-order valence-corrected chi connectivity index (χ3v) is 4.67. The van der Waals surface area contributed by atoms with E-state index in [1.54, 1.807) is 0 Å². The molecule has 0 aliphatic carbocycles. The first kappa shape index (κ1) is 13.1. The van der Waals surface area contributed by atoms with E-state index in [0.717, 1.165) is 23.1 Å². The largest absolute Gasteiger partial charge is 0.339 e. The minimum absolute atomic E-state index is 0.303. The molecule has 1 aromatic carbocycles. The normalized spacial score (nSPS) is 22.9. The van der Waals surface area contributed by atoms with Gasteiger partial charge in [-0.05, 0) is 46.6 Å². The summed E-state index contributed by atoms with van der Waals surface area (Å²) in [5.74, 6) is 2.13. The number of nitrogens with zero attached hydrogens (tertiary/aromatic N) is 2. The summed E-state index contributed by atoms with van der Waals surface area (Å²) >= 11 is 9.37. The molecule has 0 saturated carbocycles. The fourth-order valence-corrected chi connectivity index (χ4v) is 2.78. The van der Waals surface area contributed by atoms with Crippen LogP contribution in [0.2, 0.25) is 5.02 Å². The minimum atomic E-state index is 0.303. The Morgan fingerprint density at radius 3 is 2.95 bits per heavy atom. The Labute approximate surface area is 124 Å². The second-order valence-electron chi connectivity index (χ2n) is 4.83. The molecule has 2 atom stereocenters. The van der Waals surface area contributed by atoms with Crippen LogP contribution in [-0.2, 0) is 0 Å². The standard InChI is InChI=1S/C13H13BrClN3O/c1-7-5-16-6-9(7)13-17-12(18-19-13)8-2-3-11(15)10(14)4-8/h2-4,7,9,16H,5-6H2,1H3. The van der Waals surface area contributed by atoms with Crippen molar-refractivity contribution in [3.05, 3.63) is 33.6 Å². The SMILES string of the molecule is CC1CNCC1c1nc(-c2ccc(Cl)c(Br)c2)no1. The van der Waals surface area contributed by atoms with Crippen LogP contribution < -0.4 is 5.32 Å². The first-order valence-electron chi connectivity index (χ1n) is 6.15. The van der Waals surface area contributed by atoms with Crippen molar-refractivity contribution in [2.24, 2.45) is 5.92 Å². The van der Waals surface area contributed by atoms with Gasteiger partial charge >= 0.3 is 0 Å². The van der Waals surface area contributed by atoms with Crippen LogP contribution in [0.1, 0.15) is 18.7 Å². The van der Waals surface area contributed by atoms with Gasteiger partial charge in [0, 0.05) is 16.6 Å². The smallest absolute Gasteiger partial charge is 0.231 e. The third kappa shape index (κ3) is 2.55. The van der Waals surface area contributed by atoms with E-state index in [9.17, 15) is 0 Å². The van der Waals surface area contributed by atoms with E-state index in [1.165, 1.54) is 0 Å². The molecule has 1 aliphatic heterocycles. The van der Waals surface area contributed by atoms with Gasteiger partial charge in [0.15, 0.2) is 0 Å². The van der Waals surface area contributed by atoms with E-state index in [4.69, 9.17) is 16.1 Å². The zero-order valence-electron chi connectivity index (χ0n) is 10.4. The molecule has 6 heteroatoms. The lowest BCUT2D eigenvalue weighted by Gasteiger charge is -2.07. The van der Waals surface area contributed by atoms with E-state index in [1.807, 2.05) is 18.2 Å². The molecule has 19 heavy (non-hydrogen) atoms. The summed E-state index contributed by atoms with van der Waals surface area (Å²) < 4.78 is 6.22. The fraction of sp³-hybridized carbons (Fsp3) is 0.385. The highest BCUT2D eigenvalue weighted by Gasteiger charge is 2.29. The minimum Gasteiger partial charge on any atom is -0.339 e. The fourth-order valence-electron chi connectivity index (χ4n) is 2.28. The zero-order chi connectivity index (χ0) is 13.4. The summed E-state index contributed by atoms with van der Waals surface area (Å²) in [6.07, 6.45) is 0. The third-order valence-electron chi connectivity index (χ3n) is 3.45. The van der Waals surface area contributed by atoms with Crippen LogP contribution in [0.4, 0.5) is 0 Å².